The Hall–Kier alpha value is -4.28. The lowest BCUT2D eigenvalue weighted by Crippen LogP contribution is -2.11. The first-order valence-electron chi connectivity index (χ1n) is 11.7. The fourth-order valence-electron chi connectivity index (χ4n) is 3.77. The summed E-state index contributed by atoms with van der Waals surface area (Å²) in [5.41, 5.74) is 4.99. The standard InChI is InChI=1S/C27H26N8OS/c1-4-21(36)14-28-18-6-5-7-22(13-18)37-26-24-25(30-16-29-24)33-27(34-26)32-19-10-11-23-17(12-19)8-9-20(31-23)15-35(2)3/h4-13,16,28H,1,14-15H2,2-3H3,(H2,29,30,32,33,34). The lowest BCUT2D eigenvalue weighted by Gasteiger charge is -2.11. The van der Waals surface area contributed by atoms with Crippen LogP contribution in [0.15, 0.2) is 83.5 Å². The van der Waals surface area contributed by atoms with E-state index >= 15 is 0 Å². The van der Waals surface area contributed by atoms with Gasteiger partial charge in [0.2, 0.25) is 5.95 Å². The molecule has 3 heterocycles. The maximum Gasteiger partial charge on any atom is 0.230 e. The van der Waals surface area contributed by atoms with E-state index in [1.165, 1.54) is 17.8 Å². The number of fused-ring (bicyclic) bond motifs is 2. The molecule has 9 nitrogen and oxygen atoms in total. The molecule has 0 radical (unpaired) electrons. The van der Waals surface area contributed by atoms with Crippen molar-refractivity contribution in [3.05, 3.63) is 79.3 Å². The van der Waals surface area contributed by atoms with E-state index in [2.05, 4.69) is 43.1 Å². The molecule has 0 saturated carbocycles. The summed E-state index contributed by atoms with van der Waals surface area (Å²) < 4.78 is 0. The number of hydrogen-bond donors (Lipinski definition) is 3. The van der Waals surface area contributed by atoms with Crippen LogP contribution in [0.1, 0.15) is 5.69 Å². The third-order valence-electron chi connectivity index (χ3n) is 5.48. The van der Waals surface area contributed by atoms with Crippen molar-refractivity contribution in [3.8, 4) is 0 Å². The molecule has 0 bridgehead atoms. The number of rotatable bonds is 10. The van der Waals surface area contributed by atoms with Gasteiger partial charge in [-0.1, -0.05) is 30.5 Å². The summed E-state index contributed by atoms with van der Waals surface area (Å²) in [4.78, 5) is 36.2. The van der Waals surface area contributed by atoms with E-state index in [4.69, 9.17) is 9.97 Å². The molecule has 10 heteroatoms. The first-order chi connectivity index (χ1) is 18.0. The van der Waals surface area contributed by atoms with Crippen molar-refractivity contribution in [1.82, 2.24) is 29.8 Å². The van der Waals surface area contributed by atoms with Crippen LogP contribution < -0.4 is 10.6 Å². The van der Waals surface area contributed by atoms with Crippen LogP contribution in [0.3, 0.4) is 0 Å². The number of pyridine rings is 1. The number of H-pyrrole nitrogens is 1. The molecule has 186 valence electrons. The fraction of sp³-hybridized carbons (Fsp3) is 0.148. The van der Waals surface area contributed by atoms with Crippen LogP contribution in [0.2, 0.25) is 0 Å². The van der Waals surface area contributed by atoms with E-state index in [-0.39, 0.29) is 12.3 Å². The van der Waals surface area contributed by atoms with Crippen LogP contribution in [0.5, 0.6) is 0 Å². The van der Waals surface area contributed by atoms with Gasteiger partial charge in [-0.15, -0.1) is 0 Å². The molecule has 3 N–H and O–H groups in total. The zero-order chi connectivity index (χ0) is 25.8. The number of nitrogens with one attached hydrogen (secondary N) is 3. The minimum Gasteiger partial charge on any atom is -0.378 e. The van der Waals surface area contributed by atoms with Crippen LogP contribution >= 0.6 is 11.8 Å². The van der Waals surface area contributed by atoms with Crippen molar-refractivity contribution in [1.29, 1.82) is 0 Å². The van der Waals surface area contributed by atoms with Crippen molar-refractivity contribution in [2.75, 3.05) is 31.3 Å². The molecule has 0 aliphatic rings. The van der Waals surface area contributed by atoms with Gasteiger partial charge in [0.15, 0.2) is 11.4 Å². The highest BCUT2D eigenvalue weighted by Gasteiger charge is 2.13. The Balaban J connectivity index is 1.39. The maximum absolute atomic E-state index is 11.6. The summed E-state index contributed by atoms with van der Waals surface area (Å²) >= 11 is 1.49. The number of benzene rings is 2. The predicted molar refractivity (Wildman–Crippen MR) is 148 cm³/mol. The van der Waals surface area contributed by atoms with Crippen LogP contribution in [-0.2, 0) is 11.3 Å². The molecule has 0 unspecified atom stereocenters. The van der Waals surface area contributed by atoms with E-state index in [0.717, 1.165) is 50.0 Å². The van der Waals surface area contributed by atoms with Crippen LogP contribution in [0, 0.1) is 0 Å². The number of carbonyl (C=O) groups excluding carboxylic acids is 1. The van der Waals surface area contributed by atoms with E-state index in [1.54, 1.807) is 6.33 Å². The lowest BCUT2D eigenvalue weighted by molar-refractivity contribution is -0.113. The van der Waals surface area contributed by atoms with Crippen LogP contribution in [-0.4, -0.2) is 56.2 Å². The molecule has 0 aliphatic carbocycles. The summed E-state index contributed by atoms with van der Waals surface area (Å²) in [7, 11) is 4.06. The SMILES string of the molecule is C=CC(=O)CNc1cccc(Sc2nc(Nc3ccc4nc(CN(C)C)ccc4c3)nc3nc[nH]c23)c1. The maximum atomic E-state index is 11.6. The molecule has 5 rings (SSSR count). The van der Waals surface area contributed by atoms with Gasteiger partial charge in [0.1, 0.15) is 10.5 Å². The number of ketones is 1. The van der Waals surface area contributed by atoms with Gasteiger partial charge in [-0.2, -0.15) is 4.98 Å². The quantitative estimate of drug-likeness (QED) is 0.176. The van der Waals surface area contributed by atoms with E-state index in [1.807, 2.05) is 62.6 Å². The van der Waals surface area contributed by atoms with Crippen molar-refractivity contribution < 1.29 is 4.79 Å². The highest BCUT2D eigenvalue weighted by Crippen LogP contribution is 2.33. The molecule has 0 atom stereocenters. The molecule has 0 amide bonds. The zero-order valence-electron chi connectivity index (χ0n) is 20.5. The number of anilines is 3. The fourth-order valence-corrected chi connectivity index (χ4v) is 4.71. The van der Waals surface area contributed by atoms with Gasteiger partial charge < -0.3 is 20.5 Å². The number of aromatic amines is 1. The molecule has 5 aromatic rings. The first-order valence-corrected chi connectivity index (χ1v) is 12.5. The zero-order valence-corrected chi connectivity index (χ0v) is 21.3. The van der Waals surface area contributed by atoms with E-state index in [9.17, 15) is 4.79 Å². The van der Waals surface area contributed by atoms with Gasteiger partial charge in [0.25, 0.3) is 0 Å². The molecular formula is C27H26N8OS. The minimum atomic E-state index is -0.0674. The lowest BCUT2D eigenvalue weighted by atomic mass is 10.2. The average Bonchev–Trinajstić information content (AvgIpc) is 3.36. The molecule has 3 aromatic heterocycles. The Labute approximate surface area is 218 Å². The predicted octanol–water partition coefficient (Wildman–Crippen LogP) is 5.02. The van der Waals surface area contributed by atoms with Crippen molar-refractivity contribution in [2.45, 2.75) is 16.5 Å². The highest BCUT2D eigenvalue weighted by atomic mass is 32.2. The average molecular weight is 511 g/mol. The first kappa shape index (κ1) is 24.4. The molecule has 0 fully saturated rings. The second-order valence-corrected chi connectivity index (χ2v) is 9.74. The Morgan fingerprint density at radius 3 is 2.81 bits per heavy atom. The van der Waals surface area contributed by atoms with Gasteiger partial charge in [-0.25, -0.2) is 9.97 Å². The van der Waals surface area contributed by atoms with Crippen LogP contribution in [0.4, 0.5) is 17.3 Å². The molecule has 37 heavy (non-hydrogen) atoms. The van der Waals surface area contributed by atoms with Gasteiger partial charge in [0, 0.05) is 28.2 Å². The van der Waals surface area contributed by atoms with Crippen molar-refractivity contribution in [2.24, 2.45) is 0 Å². The van der Waals surface area contributed by atoms with Gasteiger partial charge >= 0.3 is 0 Å². The third-order valence-corrected chi connectivity index (χ3v) is 6.46. The summed E-state index contributed by atoms with van der Waals surface area (Å²) in [6.45, 7) is 4.50. The largest absolute Gasteiger partial charge is 0.378 e. The molecular weight excluding hydrogens is 484 g/mol. The summed E-state index contributed by atoms with van der Waals surface area (Å²) in [6.07, 6.45) is 2.92. The van der Waals surface area contributed by atoms with Gasteiger partial charge in [0.05, 0.1) is 24.1 Å². The normalized spacial score (nSPS) is 11.2. The molecule has 0 saturated heterocycles. The minimum absolute atomic E-state index is 0.0674. The monoisotopic (exact) mass is 510 g/mol. The number of carbonyl (C=O) groups is 1. The number of aromatic nitrogens is 5. The Morgan fingerprint density at radius 1 is 1.08 bits per heavy atom. The van der Waals surface area contributed by atoms with Crippen LogP contribution in [0.25, 0.3) is 22.1 Å². The Bertz CT molecular complexity index is 1600. The van der Waals surface area contributed by atoms with Crippen molar-refractivity contribution >= 4 is 56.9 Å². The number of imidazole rings is 1. The summed E-state index contributed by atoms with van der Waals surface area (Å²) in [6, 6.07) is 17.9. The second kappa shape index (κ2) is 10.8. The summed E-state index contributed by atoms with van der Waals surface area (Å²) in [5.74, 6) is 0.381. The van der Waals surface area contributed by atoms with Gasteiger partial charge in [-0.05, 0) is 62.6 Å². The molecule has 0 aliphatic heterocycles. The number of nitrogens with zero attached hydrogens (tertiary/aromatic N) is 5. The topological polar surface area (TPSA) is 112 Å². The Kier molecular flexibility index (Phi) is 7.11. The van der Waals surface area contributed by atoms with Gasteiger partial charge in [-0.3, -0.25) is 9.78 Å². The summed E-state index contributed by atoms with van der Waals surface area (Å²) in [5, 5.41) is 8.20. The molecule has 2 aromatic carbocycles. The second-order valence-electron chi connectivity index (χ2n) is 8.68. The highest BCUT2D eigenvalue weighted by molar-refractivity contribution is 7.99. The molecule has 0 spiro atoms. The Morgan fingerprint density at radius 2 is 1.97 bits per heavy atom. The third kappa shape index (κ3) is 5.93. The van der Waals surface area contributed by atoms with Crippen molar-refractivity contribution in [3.63, 3.8) is 0 Å². The smallest absolute Gasteiger partial charge is 0.230 e. The number of hydrogen-bond acceptors (Lipinski definition) is 9. The van der Waals surface area contributed by atoms with E-state index in [0.29, 0.717) is 11.6 Å². The van der Waals surface area contributed by atoms with E-state index < -0.39 is 0 Å².